The molecule has 0 saturated carbocycles. The van der Waals surface area contributed by atoms with Gasteiger partial charge in [0.25, 0.3) is 10.0 Å². The molecule has 0 atom stereocenters. The molecule has 1 N–H and O–H groups in total. The minimum absolute atomic E-state index is 0.170. The third-order valence-corrected chi connectivity index (χ3v) is 7.53. The van der Waals surface area contributed by atoms with Gasteiger partial charge in [0.1, 0.15) is 16.6 Å². The van der Waals surface area contributed by atoms with Gasteiger partial charge in [0.15, 0.2) is 0 Å². The molecule has 0 spiro atoms. The number of nitrogens with zero attached hydrogens (tertiary/aromatic N) is 2. The van der Waals surface area contributed by atoms with E-state index < -0.39 is 15.8 Å². The highest BCUT2D eigenvalue weighted by Crippen LogP contribution is 2.35. The van der Waals surface area contributed by atoms with Crippen LogP contribution in [-0.2, 0) is 21.2 Å². The summed E-state index contributed by atoms with van der Waals surface area (Å²) in [6.45, 7) is 4.84. The Bertz CT molecular complexity index is 1200. The summed E-state index contributed by atoms with van der Waals surface area (Å²) in [7, 11) is -3.78. The lowest BCUT2D eigenvalue weighted by atomic mass is 9.95. The van der Waals surface area contributed by atoms with Crippen LogP contribution in [0.25, 0.3) is 4.91 Å². The van der Waals surface area contributed by atoms with Gasteiger partial charge < -0.3 is 10.2 Å². The van der Waals surface area contributed by atoms with E-state index >= 15 is 0 Å². The van der Waals surface area contributed by atoms with E-state index in [2.05, 4.69) is 9.71 Å². The van der Waals surface area contributed by atoms with Crippen molar-refractivity contribution in [2.24, 2.45) is 10.3 Å². The fraction of sp³-hybridized carbons (Fsp3) is 0.333. The van der Waals surface area contributed by atoms with E-state index in [-0.39, 0.29) is 22.4 Å². The van der Waals surface area contributed by atoms with Crippen LogP contribution < -0.4 is 5.32 Å². The Labute approximate surface area is 187 Å². The molecule has 32 heavy (non-hydrogen) atoms. The number of sulfonamides is 1. The summed E-state index contributed by atoms with van der Waals surface area (Å²) in [6.07, 6.45) is 1.95. The van der Waals surface area contributed by atoms with Gasteiger partial charge in [-0.2, -0.15) is 8.42 Å². The first-order chi connectivity index (χ1) is 15.3. The average Bonchev–Trinajstić information content (AvgIpc) is 3.04. The Hall–Kier alpha value is -3.00. The third kappa shape index (κ3) is 4.32. The summed E-state index contributed by atoms with van der Waals surface area (Å²) in [6, 6.07) is 13.6. The maximum Gasteiger partial charge on any atom is 0.285 e. The lowest BCUT2D eigenvalue weighted by Crippen LogP contribution is -2.41. The zero-order valence-electron chi connectivity index (χ0n) is 18.1. The summed E-state index contributed by atoms with van der Waals surface area (Å²) in [5.74, 6) is -0.508. The fourth-order valence-corrected chi connectivity index (χ4v) is 5.71. The first kappa shape index (κ1) is 22.2. The van der Waals surface area contributed by atoms with Crippen molar-refractivity contribution in [1.82, 2.24) is 4.90 Å². The van der Waals surface area contributed by atoms with Crippen molar-refractivity contribution in [2.75, 3.05) is 18.4 Å². The number of anilines is 1. The second-order valence-electron chi connectivity index (χ2n) is 8.12. The number of piperidine rings is 1. The maximum absolute atomic E-state index is 13.8. The third-order valence-electron chi connectivity index (χ3n) is 6.06. The largest absolute Gasteiger partial charge is 0.356 e. The summed E-state index contributed by atoms with van der Waals surface area (Å²) < 4.78 is 43.5. The van der Waals surface area contributed by atoms with E-state index in [4.69, 9.17) is 0 Å². The van der Waals surface area contributed by atoms with E-state index in [9.17, 15) is 17.6 Å². The van der Waals surface area contributed by atoms with Gasteiger partial charge in [-0.3, -0.25) is 4.79 Å². The quantitative estimate of drug-likeness (QED) is 0.749. The van der Waals surface area contributed by atoms with Gasteiger partial charge in [0.05, 0.1) is 5.69 Å². The number of likely N-dealkylation sites (tertiary alicyclic amines) is 1. The van der Waals surface area contributed by atoms with E-state index in [1.807, 2.05) is 36.1 Å². The van der Waals surface area contributed by atoms with Crippen molar-refractivity contribution in [2.45, 2.75) is 33.1 Å². The van der Waals surface area contributed by atoms with Crippen molar-refractivity contribution >= 4 is 32.4 Å². The van der Waals surface area contributed by atoms with Crippen molar-refractivity contribution < 1.29 is 17.6 Å². The number of hydrogen-bond donors (Lipinski definition) is 1. The van der Waals surface area contributed by atoms with Crippen molar-refractivity contribution in [1.29, 1.82) is 0 Å². The molecule has 0 radical (unpaired) electrons. The zero-order chi connectivity index (χ0) is 22.9. The molecule has 6 nitrogen and oxygen atoms in total. The molecule has 2 aliphatic rings. The molecular weight excluding hydrogens is 429 g/mol. The Kier molecular flexibility index (Phi) is 6.15. The SMILES string of the molecule is CCc1ccc(C2=C(C)C(N3CCC(C(=O)Nc4ccccc4F)CC3)=NS2(=O)=O)cc1. The van der Waals surface area contributed by atoms with Crippen LogP contribution in [0, 0.1) is 11.7 Å². The Morgan fingerprint density at radius 1 is 1.12 bits per heavy atom. The first-order valence-electron chi connectivity index (χ1n) is 10.8. The van der Waals surface area contributed by atoms with Gasteiger partial charge in [-0.15, -0.1) is 4.40 Å². The van der Waals surface area contributed by atoms with Gasteiger partial charge in [-0.05, 0) is 49.4 Å². The highest BCUT2D eigenvalue weighted by Gasteiger charge is 2.35. The number of para-hydroxylation sites is 1. The first-order valence-corrected chi connectivity index (χ1v) is 12.2. The van der Waals surface area contributed by atoms with Gasteiger partial charge in [-0.25, -0.2) is 4.39 Å². The zero-order valence-corrected chi connectivity index (χ0v) is 19.0. The highest BCUT2D eigenvalue weighted by molar-refractivity contribution is 8.00. The fourth-order valence-electron chi connectivity index (χ4n) is 4.23. The highest BCUT2D eigenvalue weighted by atomic mass is 32.2. The minimum Gasteiger partial charge on any atom is -0.356 e. The van der Waals surface area contributed by atoms with Crippen LogP contribution in [0.15, 0.2) is 58.5 Å². The molecular formula is C24H26FN3O3S. The van der Waals surface area contributed by atoms with Gasteiger partial charge in [0, 0.05) is 24.6 Å². The molecule has 0 aliphatic carbocycles. The number of halogens is 1. The summed E-state index contributed by atoms with van der Waals surface area (Å²) in [5.41, 5.74) is 2.57. The van der Waals surface area contributed by atoms with Crippen LogP contribution in [-0.4, -0.2) is 38.2 Å². The molecule has 168 valence electrons. The predicted octanol–water partition coefficient (Wildman–Crippen LogP) is 4.21. The van der Waals surface area contributed by atoms with Crippen LogP contribution in [0.2, 0.25) is 0 Å². The van der Waals surface area contributed by atoms with Gasteiger partial charge in [0.2, 0.25) is 5.91 Å². The molecule has 2 aromatic rings. The molecule has 1 saturated heterocycles. The monoisotopic (exact) mass is 455 g/mol. The van der Waals surface area contributed by atoms with Crippen molar-refractivity contribution in [3.63, 3.8) is 0 Å². The van der Waals surface area contributed by atoms with Gasteiger partial charge in [-0.1, -0.05) is 43.3 Å². The number of hydrogen-bond acceptors (Lipinski definition) is 4. The standard InChI is InChI=1S/C24H26FN3O3S/c1-3-17-8-10-18(11-9-17)22-16(2)23(27-32(22,30)31)28-14-12-19(13-15-28)24(29)26-21-7-5-4-6-20(21)25/h4-11,19H,3,12-15H2,1-2H3,(H,26,29). The summed E-state index contributed by atoms with van der Waals surface area (Å²) in [5, 5.41) is 2.66. The molecule has 1 fully saturated rings. The number of rotatable bonds is 4. The van der Waals surface area contributed by atoms with Crippen molar-refractivity contribution in [3.8, 4) is 0 Å². The normalized spacial score (nSPS) is 18.6. The lowest BCUT2D eigenvalue weighted by Gasteiger charge is -2.32. The van der Waals surface area contributed by atoms with Crippen molar-refractivity contribution in [3.05, 3.63) is 71.0 Å². The molecule has 8 heteroatoms. The predicted molar refractivity (Wildman–Crippen MR) is 124 cm³/mol. The average molecular weight is 456 g/mol. The molecule has 0 bridgehead atoms. The molecule has 2 heterocycles. The number of amides is 1. The maximum atomic E-state index is 13.8. The van der Waals surface area contributed by atoms with Crippen LogP contribution in [0.5, 0.6) is 0 Å². The topological polar surface area (TPSA) is 78.8 Å². The summed E-state index contributed by atoms with van der Waals surface area (Å²) in [4.78, 5) is 14.7. The molecule has 2 aliphatic heterocycles. The van der Waals surface area contributed by atoms with Gasteiger partial charge >= 0.3 is 0 Å². The Balaban J connectivity index is 1.46. The van der Waals surface area contributed by atoms with Crippen LogP contribution in [0.4, 0.5) is 10.1 Å². The van der Waals surface area contributed by atoms with Crippen LogP contribution >= 0.6 is 0 Å². The smallest absolute Gasteiger partial charge is 0.285 e. The number of benzene rings is 2. The van der Waals surface area contributed by atoms with Crippen LogP contribution in [0.3, 0.4) is 0 Å². The number of carbonyl (C=O) groups is 1. The number of amidine groups is 1. The Morgan fingerprint density at radius 2 is 1.78 bits per heavy atom. The summed E-state index contributed by atoms with van der Waals surface area (Å²) >= 11 is 0. The van der Waals surface area contributed by atoms with E-state index in [0.29, 0.717) is 42.9 Å². The van der Waals surface area contributed by atoms with E-state index in [1.165, 1.54) is 12.1 Å². The number of nitrogens with one attached hydrogen (secondary N) is 1. The lowest BCUT2D eigenvalue weighted by molar-refractivity contribution is -0.121. The van der Waals surface area contributed by atoms with E-state index in [1.54, 1.807) is 19.1 Å². The Morgan fingerprint density at radius 3 is 2.41 bits per heavy atom. The minimum atomic E-state index is -3.78. The molecule has 1 amide bonds. The number of aryl methyl sites for hydroxylation is 1. The molecule has 2 aromatic carbocycles. The van der Waals surface area contributed by atoms with Crippen LogP contribution in [0.1, 0.15) is 37.8 Å². The molecule has 4 rings (SSSR count). The molecule has 0 aromatic heterocycles. The molecule has 0 unspecified atom stereocenters. The number of carbonyl (C=O) groups excluding carboxylic acids is 1. The second-order valence-corrected chi connectivity index (χ2v) is 9.67. The second kappa shape index (κ2) is 8.86. The van der Waals surface area contributed by atoms with E-state index in [0.717, 1.165) is 12.0 Å².